The molecule has 20 heavy (non-hydrogen) atoms. The van der Waals surface area contributed by atoms with Crippen LogP contribution in [0.15, 0.2) is 48.5 Å². The summed E-state index contributed by atoms with van der Waals surface area (Å²) in [6, 6.07) is 17.2. The SMILES string of the molecule is CN1CCOc2ccccc2Cc2ccccc2CC1. The van der Waals surface area contributed by atoms with Gasteiger partial charge in [0.15, 0.2) is 0 Å². The molecule has 0 saturated carbocycles. The number of nitrogens with zero attached hydrogens (tertiary/aromatic N) is 1. The summed E-state index contributed by atoms with van der Waals surface area (Å²) in [5, 5.41) is 0. The van der Waals surface area contributed by atoms with E-state index in [2.05, 4.69) is 54.4 Å². The van der Waals surface area contributed by atoms with Crippen LogP contribution >= 0.6 is 0 Å². The van der Waals surface area contributed by atoms with Crippen molar-refractivity contribution >= 4 is 0 Å². The molecular formula is C18H21NO. The summed E-state index contributed by atoms with van der Waals surface area (Å²) >= 11 is 0. The molecule has 0 aromatic heterocycles. The van der Waals surface area contributed by atoms with Crippen LogP contribution in [0.1, 0.15) is 16.7 Å². The Kier molecular flexibility index (Phi) is 4.03. The van der Waals surface area contributed by atoms with Gasteiger partial charge >= 0.3 is 0 Å². The molecule has 2 heteroatoms. The van der Waals surface area contributed by atoms with Gasteiger partial charge in [-0.05, 0) is 36.2 Å². The average molecular weight is 267 g/mol. The average Bonchev–Trinajstić information content (AvgIpc) is 2.50. The van der Waals surface area contributed by atoms with Gasteiger partial charge in [-0.1, -0.05) is 42.5 Å². The topological polar surface area (TPSA) is 12.5 Å². The van der Waals surface area contributed by atoms with E-state index in [0.717, 1.165) is 38.3 Å². The second-order valence-corrected chi connectivity index (χ2v) is 5.45. The van der Waals surface area contributed by atoms with E-state index < -0.39 is 0 Å². The van der Waals surface area contributed by atoms with Crippen molar-refractivity contribution in [1.29, 1.82) is 0 Å². The van der Waals surface area contributed by atoms with E-state index >= 15 is 0 Å². The molecule has 0 spiro atoms. The summed E-state index contributed by atoms with van der Waals surface area (Å²) in [5.41, 5.74) is 4.15. The van der Waals surface area contributed by atoms with E-state index in [1.54, 1.807) is 0 Å². The normalized spacial score (nSPS) is 16.4. The van der Waals surface area contributed by atoms with Crippen LogP contribution in [-0.2, 0) is 12.8 Å². The summed E-state index contributed by atoms with van der Waals surface area (Å²) in [5.74, 6) is 1.03. The Bertz CT molecular complexity index is 579. The molecule has 3 rings (SSSR count). The highest BCUT2D eigenvalue weighted by atomic mass is 16.5. The van der Waals surface area contributed by atoms with Crippen LogP contribution in [0.5, 0.6) is 5.75 Å². The number of likely N-dealkylation sites (N-methyl/N-ethyl adjacent to an activating group) is 1. The Labute approximate surface area is 121 Å². The summed E-state index contributed by atoms with van der Waals surface area (Å²) < 4.78 is 5.96. The van der Waals surface area contributed by atoms with Crippen molar-refractivity contribution in [2.75, 3.05) is 26.7 Å². The van der Waals surface area contributed by atoms with E-state index in [1.165, 1.54) is 16.7 Å². The molecule has 0 amide bonds. The first-order chi connectivity index (χ1) is 9.83. The molecule has 0 bridgehead atoms. The molecular weight excluding hydrogens is 246 g/mol. The van der Waals surface area contributed by atoms with Crippen LogP contribution in [0.4, 0.5) is 0 Å². The highest BCUT2D eigenvalue weighted by Crippen LogP contribution is 2.24. The van der Waals surface area contributed by atoms with Gasteiger partial charge in [-0.15, -0.1) is 0 Å². The lowest BCUT2D eigenvalue weighted by Gasteiger charge is -2.16. The summed E-state index contributed by atoms with van der Waals surface area (Å²) in [6.45, 7) is 2.80. The van der Waals surface area contributed by atoms with Gasteiger partial charge in [0, 0.05) is 19.5 Å². The highest BCUT2D eigenvalue weighted by molar-refractivity contribution is 5.40. The summed E-state index contributed by atoms with van der Waals surface area (Å²) in [6.07, 6.45) is 2.06. The fourth-order valence-corrected chi connectivity index (χ4v) is 2.70. The van der Waals surface area contributed by atoms with Crippen molar-refractivity contribution in [1.82, 2.24) is 4.90 Å². The summed E-state index contributed by atoms with van der Waals surface area (Å²) in [7, 11) is 2.16. The van der Waals surface area contributed by atoms with Crippen molar-refractivity contribution in [2.45, 2.75) is 12.8 Å². The molecule has 0 atom stereocenters. The van der Waals surface area contributed by atoms with Crippen molar-refractivity contribution < 1.29 is 4.74 Å². The lowest BCUT2D eigenvalue weighted by Crippen LogP contribution is -2.26. The van der Waals surface area contributed by atoms with Crippen molar-refractivity contribution in [3.63, 3.8) is 0 Å². The highest BCUT2D eigenvalue weighted by Gasteiger charge is 2.10. The smallest absolute Gasteiger partial charge is 0.122 e. The Balaban J connectivity index is 1.97. The van der Waals surface area contributed by atoms with Crippen LogP contribution < -0.4 is 4.74 Å². The first kappa shape index (κ1) is 13.2. The molecule has 0 N–H and O–H groups in total. The number of ether oxygens (including phenoxy) is 1. The van der Waals surface area contributed by atoms with Crippen LogP contribution in [0, 0.1) is 0 Å². The lowest BCUT2D eigenvalue weighted by molar-refractivity contribution is 0.238. The minimum absolute atomic E-state index is 0.754. The zero-order valence-corrected chi connectivity index (χ0v) is 12.0. The van der Waals surface area contributed by atoms with Crippen LogP contribution in [0.25, 0.3) is 0 Å². The number of hydrogen-bond donors (Lipinski definition) is 0. The first-order valence-corrected chi connectivity index (χ1v) is 7.29. The minimum atomic E-state index is 0.754. The van der Waals surface area contributed by atoms with Crippen molar-refractivity contribution in [3.05, 3.63) is 65.2 Å². The van der Waals surface area contributed by atoms with E-state index in [4.69, 9.17) is 4.74 Å². The minimum Gasteiger partial charge on any atom is -0.492 e. The molecule has 1 aliphatic rings. The molecule has 0 saturated heterocycles. The Hall–Kier alpha value is -1.80. The third kappa shape index (κ3) is 3.02. The second kappa shape index (κ2) is 6.10. The largest absolute Gasteiger partial charge is 0.492 e. The van der Waals surface area contributed by atoms with Gasteiger partial charge in [0.2, 0.25) is 0 Å². The summed E-state index contributed by atoms with van der Waals surface area (Å²) in [4.78, 5) is 2.34. The van der Waals surface area contributed by atoms with E-state index in [0.29, 0.717) is 0 Å². The van der Waals surface area contributed by atoms with Gasteiger partial charge in [0.1, 0.15) is 12.4 Å². The Morgan fingerprint density at radius 3 is 2.40 bits per heavy atom. The number of benzene rings is 2. The molecule has 0 unspecified atom stereocenters. The predicted octanol–water partition coefficient (Wildman–Crippen LogP) is 3.14. The molecule has 2 nitrogen and oxygen atoms in total. The molecule has 1 heterocycles. The zero-order valence-electron chi connectivity index (χ0n) is 12.0. The second-order valence-electron chi connectivity index (χ2n) is 5.45. The van der Waals surface area contributed by atoms with Gasteiger partial charge in [0.25, 0.3) is 0 Å². The van der Waals surface area contributed by atoms with Crippen LogP contribution in [0.2, 0.25) is 0 Å². The fraction of sp³-hybridized carbons (Fsp3) is 0.333. The van der Waals surface area contributed by atoms with E-state index in [-0.39, 0.29) is 0 Å². The molecule has 0 fully saturated rings. The third-order valence-electron chi connectivity index (χ3n) is 3.97. The van der Waals surface area contributed by atoms with Crippen LogP contribution in [-0.4, -0.2) is 31.6 Å². The van der Waals surface area contributed by atoms with Gasteiger partial charge in [-0.3, -0.25) is 0 Å². The molecule has 0 aliphatic carbocycles. The monoisotopic (exact) mass is 267 g/mol. The molecule has 2 aromatic rings. The maximum Gasteiger partial charge on any atom is 0.122 e. The molecule has 0 radical (unpaired) electrons. The molecule has 2 aromatic carbocycles. The van der Waals surface area contributed by atoms with Crippen molar-refractivity contribution in [2.24, 2.45) is 0 Å². The lowest BCUT2D eigenvalue weighted by atomic mass is 9.97. The number of hydrogen-bond acceptors (Lipinski definition) is 2. The standard InChI is InChI=1S/C18H21NO/c1-19-11-10-15-6-2-3-7-16(15)14-17-8-4-5-9-18(17)20-13-12-19/h2-9H,10-14H2,1H3. The third-order valence-corrected chi connectivity index (χ3v) is 3.97. The number of fused-ring (bicyclic) bond motifs is 2. The maximum absolute atomic E-state index is 5.96. The van der Waals surface area contributed by atoms with Gasteiger partial charge in [-0.2, -0.15) is 0 Å². The number of rotatable bonds is 0. The Morgan fingerprint density at radius 2 is 1.55 bits per heavy atom. The van der Waals surface area contributed by atoms with Crippen LogP contribution in [0.3, 0.4) is 0 Å². The first-order valence-electron chi connectivity index (χ1n) is 7.29. The quantitative estimate of drug-likeness (QED) is 0.727. The van der Waals surface area contributed by atoms with E-state index in [1.807, 2.05) is 6.07 Å². The number of para-hydroxylation sites is 1. The zero-order chi connectivity index (χ0) is 13.8. The predicted molar refractivity (Wildman–Crippen MR) is 82.4 cm³/mol. The molecule has 104 valence electrons. The van der Waals surface area contributed by atoms with Gasteiger partial charge < -0.3 is 9.64 Å². The maximum atomic E-state index is 5.96. The van der Waals surface area contributed by atoms with Crippen molar-refractivity contribution in [3.8, 4) is 5.75 Å². The van der Waals surface area contributed by atoms with E-state index in [9.17, 15) is 0 Å². The fourth-order valence-electron chi connectivity index (χ4n) is 2.70. The Morgan fingerprint density at radius 1 is 0.850 bits per heavy atom. The van der Waals surface area contributed by atoms with Gasteiger partial charge in [0.05, 0.1) is 0 Å². The van der Waals surface area contributed by atoms with Gasteiger partial charge in [-0.25, -0.2) is 0 Å². The molecule has 1 aliphatic heterocycles.